The van der Waals surface area contributed by atoms with Crippen LogP contribution in [0, 0.1) is 11.8 Å². The molecule has 1 saturated heterocycles. The van der Waals surface area contributed by atoms with E-state index in [1.54, 1.807) is 11.1 Å². The third-order valence-electron chi connectivity index (χ3n) is 5.74. The topological polar surface area (TPSA) is 35.2 Å². The van der Waals surface area contributed by atoms with E-state index in [2.05, 4.69) is 24.3 Å². The van der Waals surface area contributed by atoms with Gasteiger partial charge in [0.05, 0.1) is 5.60 Å². The van der Waals surface area contributed by atoms with E-state index in [-0.39, 0.29) is 5.60 Å². The number of nitrogens with two attached hydrogens (primary N) is 1. The summed E-state index contributed by atoms with van der Waals surface area (Å²) in [5, 5.41) is 0. The number of fused-ring (bicyclic) bond motifs is 1. The van der Waals surface area contributed by atoms with Gasteiger partial charge in [-0.2, -0.15) is 0 Å². The zero-order chi connectivity index (χ0) is 12.9. The normalized spacial score (nSPS) is 41.0. The molecule has 4 rings (SSSR count). The lowest BCUT2D eigenvalue weighted by atomic mass is 9.76. The van der Waals surface area contributed by atoms with Gasteiger partial charge in [-0.05, 0) is 61.5 Å². The molecular formula is C17H23NO. The molecule has 2 bridgehead atoms. The van der Waals surface area contributed by atoms with Gasteiger partial charge in [0.2, 0.25) is 0 Å². The van der Waals surface area contributed by atoms with E-state index in [1.165, 1.54) is 25.7 Å². The highest BCUT2D eigenvalue weighted by molar-refractivity contribution is 5.32. The van der Waals surface area contributed by atoms with Crippen LogP contribution in [-0.4, -0.2) is 18.2 Å². The van der Waals surface area contributed by atoms with Crippen LogP contribution in [0.2, 0.25) is 0 Å². The molecule has 2 N–H and O–H groups in total. The van der Waals surface area contributed by atoms with Gasteiger partial charge in [-0.25, -0.2) is 0 Å². The van der Waals surface area contributed by atoms with Crippen LogP contribution in [0.15, 0.2) is 24.3 Å². The zero-order valence-electron chi connectivity index (χ0n) is 11.5. The van der Waals surface area contributed by atoms with Crippen molar-refractivity contribution in [1.82, 2.24) is 0 Å². The first-order valence-electron chi connectivity index (χ1n) is 7.74. The summed E-state index contributed by atoms with van der Waals surface area (Å²) in [4.78, 5) is 0. The second kappa shape index (κ2) is 4.32. The molecule has 0 amide bonds. The van der Waals surface area contributed by atoms with Crippen molar-refractivity contribution in [3.05, 3.63) is 35.4 Å². The first-order chi connectivity index (χ1) is 9.28. The standard InChI is InChI=1S/C17H23NO/c18-16-7-8-19-17(11-16)14-5-6-15(17)10-13-4-2-1-3-12(13)9-14/h1-4,14-16H,5-11,18H2. The van der Waals surface area contributed by atoms with Crippen LogP contribution < -0.4 is 5.73 Å². The molecule has 2 nitrogen and oxygen atoms in total. The lowest BCUT2D eigenvalue weighted by Gasteiger charge is -2.44. The summed E-state index contributed by atoms with van der Waals surface area (Å²) in [6.45, 7) is 0.866. The molecule has 1 aliphatic heterocycles. The van der Waals surface area contributed by atoms with Crippen molar-refractivity contribution in [2.24, 2.45) is 17.6 Å². The van der Waals surface area contributed by atoms with E-state index < -0.39 is 0 Å². The molecule has 1 spiro atoms. The fourth-order valence-corrected chi connectivity index (χ4v) is 4.80. The van der Waals surface area contributed by atoms with Gasteiger partial charge >= 0.3 is 0 Å². The van der Waals surface area contributed by atoms with Gasteiger partial charge in [0.15, 0.2) is 0 Å². The van der Waals surface area contributed by atoms with Crippen LogP contribution in [-0.2, 0) is 17.6 Å². The lowest BCUT2D eigenvalue weighted by Crippen LogP contribution is -2.51. The van der Waals surface area contributed by atoms with Gasteiger partial charge < -0.3 is 10.5 Å². The Morgan fingerprint density at radius 2 is 1.63 bits per heavy atom. The maximum Gasteiger partial charge on any atom is 0.0759 e. The maximum atomic E-state index is 6.40. The van der Waals surface area contributed by atoms with Gasteiger partial charge in [-0.15, -0.1) is 0 Å². The summed E-state index contributed by atoms with van der Waals surface area (Å²) in [5.41, 5.74) is 9.47. The molecule has 1 aromatic carbocycles. The third kappa shape index (κ3) is 1.77. The van der Waals surface area contributed by atoms with Gasteiger partial charge in [-0.3, -0.25) is 0 Å². The monoisotopic (exact) mass is 257 g/mol. The van der Waals surface area contributed by atoms with E-state index in [0.29, 0.717) is 17.9 Å². The second-order valence-electron chi connectivity index (χ2n) is 6.70. The summed E-state index contributed by atoms with van der Waals surface area (Å²) in [6.07, 6.45) is 7.15. The molecule has 3 unspecified atom stereocenters. The zero-order valence-corrected chi connectivity index (χ0v) is 11.5. The number of benzene rings is 1. The quantitative estimate of drug-likeness (QED) is 0.775. The smallest absolute Gasteiger partial charge is 0.0759 e. The Hall–Kier alpha value is -0.860. The number of hydrogen-bond donors (Lipinski definition) is 1. The Morgan fingerprint density at radius 3 is 2.21 bits per heavy atom. The minimum atomic E-state index is 0.0939. The Morgan fingerprint density at radius 1 is 1.00 bits per heavy atom. The van der Waals surface area contributed by atoms with E-state index in [4.69, 9.17) is 10.5 Å². The van der Waals surface area contributed by atoms with Crippen molar-refractivity contribution in [2.45, 2.75) is 50.2 Å². The minimum absolute atomic E-state index is 0.0939. The van der Waals surface area contributed by atoms with Crippen molar-refractivity contribution in [2.75, 3.05) is 6.61 Å². The van der Waals surface area contributed by atoms with Crippen molar-refractivity contribution < 1.29 is 4.74 Å². The van der Waals surface area contributed by atoms with Crippen LogP contribution in [0.25, 0.3) is 0 Å². The van der Waals surface area contributed by atoms with E-state index in [0.717, 1.165) is 19.4 Å². The Bertz CT molecular complexity index is 451. The van der Waals surface area contributed by atoms with E-state index in [9.17, 15) is 0 Å². The van der Waals surface area contributed by atoms with E-state index in [1.807, 2.05) is 0 Å². The van der Waals surface area contributed by atoms with Crippen molar-refractivity contribution in [3.63, 3.8) is 0 Å². The largest absolute Gasteiger partial charge is 0.374 e. The predicted molar refractivity (Wildman–Crippen MR) is 76.0 cm³/mol. The van der Waals surface area contributed by atoms with Crippen LogP contribution in [0.4, 0.5) is 0 Å². The summed E-state index contributed by atoms with van der Waals surface area (Å²) in [5.74, 6) is 1.37. The second-order valence-corrected chi connectivity index (χ2v) is 6.70. The predicted octanol–water partition coefficient (Wildman–Crippen LogP) is 2.69. The van der Waals surface area contributed by atoms with Gasteiger partial charge in [0.1, 0.15) is 0 Å². The Kier molecular flexibility index (Phi) is 2.71. The van der Waals surface area contributed by atoms with Gasteiger partial charge in [0, 0.05) is 12.6 Å². The first kappa shape index (κ1) is 11.9. The highest BCUT2D eigenvalue weighted by Gasteiger charge is 2.54. The molecule has 3 atom stereocenters. The molecule has 1 saturated carbocycles. The first-order valence-corrected chi connectivity index (χ1v) is 7.74. The average molecular weight is 257 g/mol. The molecule has 1 aromatic rings. The summed E-state index contributed by atoms with van der Waals surface area (Å²) in [7, 11) is 0. The molecule has 0 aromatic heterocycles. The SMILES string of the molecule is NC1CCOC2(C1)C1CCC2Cc2ccccc2C1. The van der Waals surface area contributed by atoms with Gasteiger partial charge in [0.25, 0.3) is 0 Å². The molecule has 102 valence electrons. The summed E-state index contributed by atoms with van der Waals surface area (Å²) >= 11 is 0. The summed E-state index contributed by atoms with van der Waals surface area (Å²) in [6, 6.07) is 9.33. The molecule has 2 aliphatic carbocycles. The third-order valence-corrected chi connectivity index (χ3v) is 5.74. The van der Waals surface area contributed by atoms with Gasteiger partial charge in [-0.1, -0.05) is 24.3 Å². The molecule has 0 radical (unpaired) electrons. The lowest BCUT2D eigenvalue weighted by molar-refractivity contribution is -0.132. The molecule has 1 heterocycles. The number of ether oxygens (including phenoxy) is 1. The average Bonchev–Trinajstić information content (AvgIpc) is 2.62. The molecule has 19 heavy (non-hydrogen) atoms. The Balaban J connectivity index is 1.73. The van der Waals surface area contributed by atoms with Crippen molar-refractivity contribution in [3.8, 4) is 0 Å². The van der Waals surface area contributed by atoms with Crippen LogP contribution in [0.1, 0.15) is 36.8 Å². The molecule has 3 aliphatic rings. The van der Waals surface area contributed by atoms with Crippen LogP contribution in [0.3, 0.4) is 0 Å². The summed E-state index contributed by atoms with van der Waals surface area (Å²) < 4.78 is 6.40. The van der Waals surface area contributed by atoms with Crippen molar-refractivity contribution in [1.29, 1.82) is 0 Å². The molecule has 2 fully saturated rings. The highest BCUT2D eigenvalue weighted by Crippen LogP contribution is 2.52. The number of rotatable bonds is 0. The van der Waals surface area contributed by atoms with Crippen molar-refractivity contribution >= 4 is 0 Å². The maximum absolute atomic E-state index is 6.40. The molecule has 2 heteroatoms. The van der Waals surface area contributed by atoms with Crippen LogP contribution in [0.5, 0.6) is 0 Å². The number of hydrogen-bond acceptors (Lipinski definition) is 2. The highest BCUT2D eigenvalue weighted by atomic mass is 16.5. The van der Waals surface area contributed by atoms with E-state index >= 15 is 0 Å². The van der Waals surface area contributed by atoms with Crippen LogP contribution >= 0.6 is 0 Å². The molecular weight excluding hydrogens is 234 g/mol. The minimum Gasteiger partial charge on any atom is -0.374 e. The fourth-order valence-electron chi connectivity index (χ4n) is 4.80. The Labute approximate surface area is 115 Å². The fraction of sp³-hybridized carbons (Fsp3) is 0.647.